The van der Waals surface area contributed by atoms with E-state index in [4.69, 9.17) is 0 Å². The highest BCUT2D eigenvalue weighted by molar-refractivity contribution is 5.96. The van der Waals surface area contributed by atoms with Crippen molar-refractivity contribution in [3.63, 3.8) is 0 Å². The fraction of sp³-hybridized carbons (Fsp3) is 0.588. The second-order valence-corrected chi connectivity index (χ2v) is 6.15. The van der Waals surface area contributed by atoms with Gasteiger partial charge in [-0.15, -0.1) is 0 Å². The molecule has 0 amide bonds. The number of benzene rings is 1. The summed E-state index contributed by atoms with van der Waals surface area (Å²) in [6.45, 7) is 6.61. The molecule has 2 nitrogen and oxygen atoms in total. The summed E-state index contributed by atoms with van der Waals surface area (Å²) in [6.07, 6.45) is 3.04. The Labute approximate surface area is 116 Å². The Morgan fingerprint density at radius 2 is 1.79 bits per heavy atom. The zero-order valence-electron chi connectivity index (χ0n) is 12.4. The largest absolute Gasteiger partial charge is 0.306 e. The Morgan fingerprint density at radius 3 is 2.32 bits per heavy atom. The molecule has 1 heterocycles. The van der Waals surface area contributed by atoms with Gasteiger partial charge in [-0.05, 0) is 50.4 Å². The van der Waals surface area contributed by atoms with Crippen LogP contribution in [0.25, 0.3) is 0 Å². The van der Waals surface area contributed by atoms with Crippen molar-refractivity contribution >= 4 is 5.78 Å². The number of nitrogens with zero attached hydrogens (tertiary/aromatic N) is 1. The molecule has 0 spiro atoms. The number of likely N-dealkylation sites (tertiary alicyclic amines) is 1. The van der Waals surface area contributed by atoms with E-state index >= 15 is 0 Å². The molecular weight excluding hydrogens is 234 g/mol. The lowest BCUT2D eigenvalue weighted by Crippen LogP contribution is -2.31. The van der Waals surface area contributed by atoms with Crippen molar-refractivity contribution < 1.29 is 4.79 Å². The molecule has 0 saturated carbocycles. The van der Waals surface area contributed by atoms with E-state index < -0.39 is 0 Å². The molecule has 0 bridgehead atoms. The van der Waals surface area contributed by atoms with Crippen LogP contribution in [0.3, 0.4) is 0 Å². The molecule has 0 radical (unpaired) electrons. The van der Waals surface area contributed by atoms with Gasteiger partial charge in [0.25, 0.3) is 0 Å². The summed E-state index contributed by atoms with van der Waals surface area (Å²) < 4.78 is 0. The number of ketones is 1. The minimum Gasteiger partial charge on any atom is -0.306 e. The molecule has 0 N–H and O–H groups in total. The van der Waals surface area contributed by atoms with E-state index in [2.05, 4.69) is 37.9 Å². The van der Waals surface area contributed by atoms with Crippen molar-refractivity contribution in [3.8, 4) is 0 Å². The summed E-state index contributed by atoms with van der Waals surface area (Å²) in [6, 6.07) is 8.17. The Balaban J connectivity index is 1.92. The predicted molar refractivity (Wildman–Crippen MR) is 79.7 cm³/mol. The highest BCUT2D eigenvalue weighted by Gasteiger charge is 2.20. The molecule has 1 aliphatic rings. The maximum Gasteiger partial charge on any atom is 0.163 e. The van der Waals surface area contributed by atoms with Gasteiger partial charge in [0.2, 0.25) is 0 Å². The summed E-state index contributed by atoms with van der Waals surface area (Å²) in [5, 5.41) is 0. The van der Waals surface area contributed by atoms with Crippen LogP contribution >= 0.6 is 0 Å². The Hall–Kier alpha value is -1.15. The normalized spacial score (nSPS) is 17.9. The number of carbonyl (C=O) groups excluding carboxylic acids is 1. The SMILES string of the molecule is CC(C)c1ccc(C(=O)CC2CCN(C)CC2)cc1. The lowest BCUT2D eigenvalue weighted by Gasteiger charge is -2.28. The van der Waals surface area contributed by atoms with Crippen LogP contribution in [-0.4, -0.2) is 30.8 Å². The van der Waals surface area contributed by atoms with E-state index in [1.165, 1.54) is 5.56 Å². The van der Waals surface area contributed by atoms with Crippen molar-refractivity contribution in [1.29, 1.82) is 0 Å². The molecule has 2 rings (SSSR count). The highest BCUT2D eigenvalue weighted by atomic mass is 16.1. The topological polar surface area (TPSA) is 20.3 Å². The van der Waals surface area contributed by atoms with E-state index in [-0.39, 0.29) is 0 Å². The van der Waals surface area contributed by atoms with Gasteiger partial charge in [0.1, 0.15) is 0 Å². The number of rotatable bonds is 4. The highest BCUT2D eigenvalue weighted by Crippen LogP contribution is 2.22. The molecule has 19 heavy (non-hydrogen) atoms. The maximum absolute atomic E-state index is 12.3. The molecule has 1 aliphatic heterocycles. The van der Waals surface area contributed by atoms with Crippen LogP contribution in [0.2, 0.25) is 0 Å². The van der Waals surface area contributed by atoms with E-state index in [0.717, 1.165) is 37.9 Å². The molecule has 1 saturated heterocycles. The van der Waals surface area contributed by atoms with Crippen molar-refractivity contribution in [3.05, 3.63) is 35.4 Å². The van der Waals surface area contributed by atoms with E-state index in [1.54, 1.807) is 0 Å². The molecule has 0 aliphatic carbocycles. The molecule has 1 aromatic rings. The third-order valence-electron chi connectivity index (χ3n) is 4.21. The predicted octanol–water partition coefficient (Wildman–Crippen LogP) is 3.72. The van der Waals surface area contributed by atoms with E-state index in [9.17, 15) is 4.79 Å². The van der Waals surface area contributed by atoms with E-state index in [0.29, 0.717) is 17.6 Å². The third-order valence-corrected chi connectivity index (χ3v) is 4.21. The van der Waals surface area contributed by atoms with Gasteiger partial charge in [-0.1, -0.05) is 38.1 Å². The zero-order valence-corrected chi connectivity index (χ0v) is 12.4. The molecule has 0 aromatic heterocycles. The van der Waals surface area contributed by atoms with Crippen LogP contribution in [0, 0.1) is 5.92 Å². The van der Waals surface area contributed by atoms with Gasteiger partial charge in [0.15, 0.2) is 5.78 Å². The summed E-state index contributed by atoms with van der Waals surface area (Å²) >= 11 is 0. The van der Waals surface area contributed by atoms with Gasteiger partial charge in [0.05, 0.1) is 0 Å². The smallest absolute Gasteiger partial charge is 0.163 e. The average molecular weight is 259 g/mol. The van der Waals surface area contributed by atoms with Gasteiger partial charge in [-0.25, -0.2) is 0 Å². The minimum atomic E-state index is 0.310. The molecule has 1 aromatic carbocycles. The molecule has 0 unspecified atom stereocenters. The summed E-state index contributed by atoms with van der Waals surface area (Å²) in [4.78, 5) is 14.6. The van der Waals surface area contributed by atoms with Crippen molar-refractivity contribution in [2.45, 2.75) is 39.0 Å². The van der Waals surface area contributed by atoms with Crippen LogP contribution in [0.5, 0.6) is 0 Å². The first-order chi connectivity index (χ1) is 9.06. The second-order valence-electron chi connectivity index (χ2n) is 6.15. The van der Waals surface area contributed by atoms with Crippen LogP contribution in [0.4, 0.5) is 0 Å². The van der Waals surface area contributed by atoms with Crippen LogP contribution in [0.1, 0.15) is 54.9 Å². The lowest BCUT2D eigenvalue weighted by molar-refractivity contribution is 0.0936. The van der Waals surface area contributed by atoms with Crippen molar-refractivity contribution in [1.82, 2.24) is 4.90 Å². The fourth-order valence-corrected chi connectivity index (χ4v) is 2.70. The van der Waals surface area contributed by atoms with Crippen LogP contribution in [0.15, 0.2) is 24.3 Å². The number of hydrogen-bond donors (Lipinski definition) is 0. The number of hydrogen-bond acceptors (Lipinski definition) is 2. The first kappa shape index (κ1) is 14.3. The molecular formula is C17H25NO. The monoisotopic (exact) mass is 259 g/mol. The summed E-state index contributed by atoms with van der Waals surface area (Å²) in [5.41, 5.74) is 2.18. The quantitative estimate of drug-likeness (QED) is 0.768. The molecule has 104 valence electrons. The van der Waals surface area contributed by atoms with Gasteiger partial charge in [0, 0.05) is 12.0 Å². The second kappa shape index (κ2) is 6.33. The fourth-order valence-electron chi connectivity index (χ4n) is 2.70. The Kier molecular flexibility index (Phi) is 4.76. The Morgan fingerprint density at radius 1 is 1.21 bits per heavy atom. The molecule has 0 atom stereocenters. The van der Waals surface area contributed by atoms with Gasteiger partial charge in [-0.3, -0.25) is 4.79 Å². The van der Waals surface area contributed by atoms with E-state index in [1.807, 2.05) is 12.1 Å². The standard InChI is InChI=1S/C17H25NO/c1-13(2)15-4-6-16(7-5-15)17(19)12-14-8-10-18(3)11-9-14/h4-7,13-14H,8-12H2,1-3H3. The van der Waals surface area contributed by atoms with Gasteiger partial charge < -0.3 is 4.90 Å². The first-order valence-corrected chi connectivity index (χ1v) is 7.38. The van der Waals surface area contributed by atoms with Crippen LogP contribution < -0.4 is 0 Å². The molecule has 2 heteroatoms. The van der Waals surface area contributed by atoms with Crippen LogP contribution in [-0.2, 0) is 0 Å². The Bertz CT molecular complexity index is 413. The zero-order chi connectivity index (χ0) is 13.8. The van der Waals surface area contributed by atoms with Gasteiger partial charge in [-0.2, -0.15) is 0 Å². The number of carbonyl (C=O) groups is 1. The average Bonchev–Trinajstić information content (AvgIpc) is 2.41. The van der Waals surface area contributed by atoms with Gasteiger partial charge >= 0.3 is 0 Å². The minimum absolute atomic E-state index is 0.310. The maximum atomic E-state index is 12.3. The third kappa shape index (κ3) is 3.90. The number of piperidine rings is 1. The lowest BCUT2D eigenvalue weighted by atomic mass is 9.89. The number of Topliss-reactive ketones (excluding diaryl/α,β-unsaturated/α-hetero) is 1. The van der Waals surface area contributed by atoms with Crippen molar-refractivity contribution in [2.75, 3.05) is 20.1 Å². The van der Waals surface area contributed by atoms with Crippen molar-refractivity contribution in [2.24, 2.45) is 5.92 Å². The molecule has 1 fully saturated rings. The first-order valence-electron chi connectivity index (χ1n) is 7.38. The summed E-state index contributed by atoms with van der Waals surface area (Å²) in [7, 11) is 2.16. The summed E-state index contributed by atoms with van der Waals surface area (Å²) in [5.74, 6) is 1.41.